The third-order valence-corrected chi connectivity index (χ3v) is 3.53. The number of benzene rings is 1. The molecule has 0 atom stereocenters. The molecule has 0 saturated heterocycles. The molecule has 1 aromatic carbocycles. The van der Waals surface area contributed by atoms with Crippen LogP contribution in [0, 0.1) is 0 Å². The smallest absolute Gasteiger partial charge is 0.336 e. The van der Waals surface area contributed by atoms with Gasteiger partial charge in [-0.05, 0) is 34.1 Å². The van der Waals surface area contributed by atoms with Crippen LogP contribution in [0.1, 0.15) is 10.4 Å². The Morgan fingerprint density at radius 2 is 2.18 bits per heavy atom. The topological polar surface area (TPSA) is 63.1 Å². The number of hydrogen-bond donors (Lipinski definition) is 1. The lowest BCUT2D eigenvalue weighted by molar-refractivity contribution is 0.0695. The Bertz CT molecular complexity index is 548. The van der Waals surface area contributed by atoms with E-state index in [0.717, 1.165) is 9.92 Å². The second-order valence-electron chi connectivity index (χ2n) is 3.09. The maximum Gasteiger partial charge on any atom is 0.336 e. The van der Waals surface area contributed by atoms with Crippen molar-refractivity contribution in [1.29, 1.82) is 0 Å². The third-order valence-electron chi connectivity index (χ3n) is 1.93. The van der Waals surface area contributed by atoms with E-state index in [4.69, 9.17) is 5.11 Å². The average molecular weight is 311 g/mol. The number of nitrogens with zero attached hydrogens (tertiary/aromatic N) is 2. The number of carboxylic acids is 1. The van der Waals surface area contributed by atoms with Crippen LogP contribution >= 0.6 is 27.7 Å². The summed E-state index contributed by atoms with van der Waals surface area (Å²) in [4.78, 5) is 19.8. The number of rotatable bonds is 3. The van der Waals surface area contributed by atoms with Crippen molar-refractivity contribution in [3.8, 4) is 0 Å². The Hall–Kier alpha value is -1.40. The number of carboxylic acid groups (broad SMARTS) is 1. The quantitative estimate of drug-likeness (QED) is 0.944. The molecule has 1 aromatic heterocycles. The highest BCUT2D eigenvalue weighted by molar-refractivity contribution is 9.10. The molecule has 0 spiro atoms. The van der Waals surface area contributed by atoms with Crippen molar-refractivity contribution in [2.45, 2.75) is 9.92 Å². The second-order valence-corrected chi connectivity index (χ2v) is 5.04. The van der Waals surface area contributed by atoms with Crippen LogP contribution in [-0.2, 0) is 0 Å². The van der Waals surface area contributed by atoms with Crippen molar-refractivity contribution in [1.82, 2.24) is 9.97 Å². The summed E-state index contributed by atoms with van der Waals surface area (Å²) >= 11 is 4.57. The van der Waals surface area contributed by atoms with Gasteiger partial charge in [0.1, 0.15) is 5.03 Å². The van der Waals surface area contributed by atoms with Crippen molar-refractivity contribution in [2.24, 2.45) is 0 Å². The monoisotopic (exact) mass is 310 g/mol. The van der Waals surface area contributed by atoms with Crippen molar-refractivity contribution in [2.75, 3.05) is 0 Å². The van der Waals surface area contributed by atoms with Gasteiger partial charge in [0.05, 0.1) is 11.8 Å². The van der Waals surface area contributed by atoms with Gasteiger partial charge < -0.3 is 5.11 Å². The van der Waals surface area contributed by atoms with Crippen LogP contribution in [0.3, 0.4) is 0 Å². The zero-order chi connectivity index (χ0) is 12.3. The summed E-state index contributed by atoms with van der Waals surface area (Å²) in [5.41, 5.74) is 0.235. The molecule has 0 aliphatic carbocycles. The molecule has 0 bridgehead atoms. The van der Waals surface area contributed by atoms with Crippen LogP contribution in [0.2, 0.25) is 0 Å². The molecule has 0 fully saturated rings. The minimum absolute atomic E-state index is 0.235. The molecular weight excluding hydrogens is 304 g/mol. The molecule has 0 radical (unpaired) electrons. The molecule has 0 amide bonds. The summed E-state index contributed by atoms with van der Waals surface area (Å²) in [6.07, 6.45) is 4.82. The molecule has 4 nitrogen and oxygen atoms in total. The van der Waals surface area contributed by atoms with Gasteiger partial charge in [-0.3, -0.25) is 4.98 Å². The third kappa shape index (κ3) is 3.04. The van der Waals surface area contributed by atoms with Crippen LogP contribution in [0.15, 0.2) is 51.2 Å². The normalized spacial score (nSPS) is 10.2. The van der Waals surface area contributed by atoms with Crippen LogP contribution in [0.4, 0.5) is 0 Å². The standard InChI is InChI=1S/C11H7BrN2O2S/c12-9-2-1-7(5-8(9)11(15)16)17-10-6-13-3-4-14-10/h1-6H,(H,15,16). The van der Waals surface area contributed by atoms with Gasteiger partial charge in [0.25, 0.3) is 0 Å². The van der Waals surface area contributed by atoms with Crippen LogP contribution < -0.4 is 0 Å². The minimum Gasteiger partial charge on any atom is -0.478 e. The Morgan fingerprint density at radius 1 is 1.35 bits per heavy atom. The van der Waals surface area contributed by atoms with Crippen LogP contribution in [0.25, 0.3) is 0 Å². The highest BCUT2D eigenvalue weighted by Crippen LogP contribution is 2.28. The number of aromatic carboxylic acids is 1. The fourth-order valence-electron chi connectivity index (χ4n) is 1.19. The van der Waals surface area contributed by atoms with Crippen molar-refractivity contribution in [3.05, 3.63) is 46.8 Å². The van der Waals surface area contributed by atoms with Gasteiger partial charge >= 0.3 is 5.97 Å². The number of hydrogen-bond acceptors (Lipinski definition) is 4. The molecule has 17 heavy (non-hydrogen) atoms. The summed E-state index contributed by atoms with van der Waals surface area (Å²) in [5.74, 6) is -0.960. The Labute approximate surface area is 110 Å². The first-order valence-electron chi connectivity index (χ1n) is 4.63. The first-order chi connectivity index (χ1) is 8.16. The lowest BCUT2D eigenvalue weighted by Gasteiger charge is -2.03. The van der Waals surface area contributed by atoms with E-state index in [-0.39, 0.29) is 5.56 Å². The first-order valence-corrected chi connectivity index (χ1v) is 6.24. The first kappa shape index (κ1) is 12.1. The molecule has 6 heteroatoms. The second kappa shape index (κ2) is 5.29. The Kier molecular flexibility index (Phi) is 3.75. The van der Waals surface area contributed by atoms with Gasteiger partial charge in [0.15, 0.2) is 0 Å². The fourth-order valence-corrected chi connectivity index (χ4v) is 2.39. The summed E-state index contributed by atoms with van der Waals surface area (Å²) < 4.78 is 0.563. The maximum atomic E-state index is 11.0. The van der Waals surface area contributed by atoms with Gasteiger partial charge in [0.2, 0.25) is 0 Å². The molecule has 0 aliphatic heterocycles. The number of aromatic nitrogens is 2. The molecule has 0 unspecified atom stereocenters. The van der Waals surface area contributed by atoms with E-state index in [2.05, 4.69) is 25.9 Å². The Morgan fingerprint density at radius 3 is 2.82 bits per heavy atom. The van der Waals surface area contributed by atoms with Crippen LogP contribution in [0.5, 0.6) is 0 Å². The molecule has 2 aromatic rings. The number of carbonyl (C=O) groups is 1. The fraction of sp³-hybridized carbons (Fsp3) is 0. The summed E-state index contributed by atoms with van der Waals surface area (Å²) in [6, 6.07) is 5.14. The molecule has 0 aliphatic rings. The van der Waals surface area contributed by atoms with E-state index in [1.165, 1.54) is 11.8 Å². The highest BCUT2D eigenvalue weighted by atomic mass is 79.9. The molecular formula is C11H7BrN2O2S. The van der Waals surface area contributed by atoms with E-state index >= 15 is 0 Å². The number of halogens is 1. The van der Waals surface area contributed by atoms with Gasteiger partial charge in [0, 0.05) is 21.8 Å². The van der Waals surface area contributed by atoms with E-state index in [1.807, 2.05) is 6.07 Å². The van der Waals surface area contributed by atoms with Crippen molar-refractivity contribution in [3.63, 3.8) is 0 Å². The predicted octanol–water partition coefficient (Wildman–Crippen LogP) is 3.09. The van der Waals surface area contributed by atoms with Crippen molar-refractivity contribution >= 4 is 33.7 Å². The van der Waals surface area contributed by atoms with E-state index in [1.54, 1.807) is 30.7 Å². The molecule has 2 rings (SSSR count). The Balaban J connectivity index is 2.29. The molecule has 1 heterocycles. The zero-order valence-electron chi connectivity index (χ0n) is 8.50. The SMILES string of the molecule is O=C(O)c1cc(Sc2cnccn2)ccc1Br. The van der Waals surface area contributed by atoms with E-state index in [9.17, 15) is 4.79 Å². The molecule has 0 saturated carbocycles. The summed E-state index contributed by atoms with van der Waals surface area (Å²) in [5, 5.41) is 9.72. The van der Waals surface area contributed by atoms with E-state index in [0.29, 0.717) is 4.47 Å². The van der Waals surface area contributed by atoms with Gasteiger partial charge in [-0.1, -0.05) is 11.8 Å². The van der Waals surface area contributed by atoms with Gasteiger partial charge in [-0.2, -0.15) is 0 Å². The van der Waals surface area contributed by atoms with Gasteiger partial charge in [-0.15, -0.1) is 0 Å². The maximum absolute atomic E-state index is 11.0. The summed E-state index contributed by atoms with van der Waals surface area (Å²) in [6.45, 7) is 0. The largest absolute Gasteiger partial charge is 0.478 e. The lowest BCUT2D eigenvalue weighted by atomic mass is 10.2. The lowest BCUT2D eigenvalue weighted by Crippen LogP contribution is -1.97. The molecule has 1 N–H and O–H groups in total. The zero-order valence-corrected chi connectivity index (χ0v) is 10.9. The van der Waals surface area contributed by atoms with E-state index < -0.39 is 5.97 Å². The predicted molar refractivity (Wildman–Crippen MR) is 67.3 cm³/mol. The minimum atomic E-state index is -0.960. The average Bonchev–Trinajstić information content (AvgIpc) is 2.32. The van der Waals surface area contributed by atoms with Crippen LogP contribution in [-0.4, -0.2) is 21.0 Å². The summed E-state index contributed by atoms with van der Waals surface area (Å²) in [7, 11) is 0. The highest BCUT2D eigenvalue weighted by Gasteiger charge is 2.09. The van der Waals surface area contributed by atoms with Gasteiger partial charge in [-0.25, -0.2) is 9.78 Å². The van der Waals surface area contributed by atoms with Crippen molar-refractivity contribution < 1.29 is 9.90 Å². The molecule has 86 valence electrons.